The quantitative estimate of drug-likeness (QED) is 0.244. The van der Waals surface area contributed by atoms with Gasteiger partial charge in [0.05, 0.1) is 26.0 Å². The monoisotopic (exact) mass is 538 g/mol. The summed E-state index contributed by atoms with van der Waals surface area (Å²) in [6.07, 6.45) is 3.70. The summed E-state index contributed by atoms with van der Waals surface area (Å²) in [5.74, 6) is 0.353. The van der Waals surface area contributed by atoms with E-state index in [1.807, 2.05) is 0 Å². The first-order chi connectivity index (χ1) is 18.3. The molecule has 1 aliphatic heterocycles. The van der Waals surface area contributed by atoms with Gasteiger partial charge < -0.3 is 19.5 Å². The maximum absolute atomic E-state index is 14.6. The molecule has 12 heteroatoms. The third-order valence-corrected chi connectivity index (χ3v) is 8.14. The van der Waals surface area contributed by atoms with Crippen LogP contribution in [0, 0.1) is 5.82 Å². The van der Waals surface area contributed by atoms with Crippen molar-refractivity contribution >= 4 is 30.9 Å². The van der Waals surface area contributed by atoms with Gasteiger partial charge in [-0.05, 0) is 24.2 Å². The van der Waals surface area contributed by atoms with E-state index in [4.69, 9.17) is 19.2 Å². The van der Waals surface area contributed by atoms with Gasteiger partial charge >= 0.3 is 5.69 Å². The third kappa shape index (κ3) is 5.14. The first-order valence-corrected chi connectivity index (χ1v) is 16.2. The molecule has 0 radical (unpaired) electrons. The summed E-state index contributed by atoms with van der Waals surface area (Å²) in [4.78, 5) is 27.2. The Labute approximate surface area is 220 Å². The molecule has 1 aromatic carbocycles. The van der Waals surface area contributed by atoms with Crippen LogP contribution >= 0.6 is 0 Å². The predicted molar refractivity (Wildman–Crippen MR) is 145 cm³/mol. The molecule has 200 valence electrons. The number of nitrogens with zero attached hydrogens (tertiary/aromatic N) is 5. The number of benzene rings is 1. The molecule has 1 aliphatic rings. The van der Waals surface area contributed by atoms with E-state index in [-0.39, 0.29) is 30.7 Å². The minimum absolute atomic E-state index is 0.0681. The van der Waals surface area contributed by atoms with Gasteiger partial charge in [0.25, 0.3) is 0 Å². The second-order valence-corrected chi connectivity index (χ2v) is 15.9. The number of ether oxygens (including phenoxy) is 3. The molecule has 0 unspecified atom stereocenters. The molecular formula is C26H31FN6O4Si. The number of imidazole rings is 1. The first kappa shape index (κ1) is 25.9. The number of para-hydroxylation sites is 1. The Balaban J connectivity index is 1.59. The summed E-state index contributed by atoms with van der Waals surface area (Å²) in [6.45, 7) is 7.72. The average Bonchev–Trinajstić information content (AvgIpc) is 3.16. The lowest BCUT2D eigenvalue weighted by molar-refractivity contribution is 0.0868. The van der Waals surface area contributed by atoms with Crippen molar-refractivity contribution in [3.8, 4) is 11.6 Å². The standard InChI is InChI=1S/C26H31FN6O4Si/c1-35-24-19(9-6-11-28-24)30-25-29-15-21-23(31-25)33(26(34)32(21)16-36-13-14-38(2,3)4)20-10-12-37-22-17(20)7-5-8-18(22)27/h5-9,11,15,20H,10,12-14,16H2,1-4H3,(H,29,30,31)/t20-/m1/s1. The van der Waals surface area contributed by atoms with E-state index < -0.39 is 19.9 Å². The topological polar surface area (TPSA) is 105 Å². The second kappa shape index (κ2) is 10.5. The van der Waals surface area contributed by atoms with E-state index >= 15 is 0 Å². The smallest absolute Gasteiger partial charge is 0.332 e. The summed E-state index contributed by atoms with van der Waals surface area (Å²) in [7, 11) is 0.230. The molecule has 3 aromatic heterocycles. The second-order valence-electron chi connectivity index (χ2n) is 10.3. The normalized spacial score (nSPS) is 15.2. The van der Waals surface area contributed by atoms with E-state index in [9.17, 15) is 9.18 Å². The molecule has 0 bridgehead atoms. The number of nitrogens with one attached hydrogen (secondary N) is 1. The first-order valence-electron chi connectivity index (χ1n) is 12.5. The lowest BCUT2D eigenvalue weighted by Gasteiger charge is -2.26. The predicted octanol–water partition coefficient (Wildman–Crippen LogP) is 4.56. The molecular weight excluding hydrogens is 507 g/mol. The van der Waals surface area contributed by atoms with Gasteiger partial charge in [-0.3, -0.25) is 9.13 Å². The number of hydrogen-bond acceptors (Lipinski definition) is 8. The number of pyridine rings is 1. The highest BCUT2D eigenvalue weighted by Crippen LogP contribution is 2.37. The summed E-state index contributed by atoms with van der Waals surface area (Å²) in [5.41, 5.74) is 1.80. The van der Waals surface area contributed by atoms with Gasteiger partial charge in [0, 0.05) is 32.9 Å². The van der Waals surface area contributed by atoms with E-state index in [0.717, 1.165) is 6.04 Å². The Bertz CT molecular complexity index is 1520. The Morgan fingerprint density at radius 3 is 2.84 bits per heavy atom. The van der Waals surface area contributed by atoms with Crippen molar-refractivity contribution in [1.29, 1.82) is 0 Å². The van der Waals surface area contributed by atoms with Crippen molar-refractivity contribution < 1.29 is 18.6 Å². The number of rotatable bonds is 9. The molecule has 4 aromatic rings. The Morgan fingerprint density at radius 2 is 2.05 bits per heavy atom. The number of halogens is 1. The SMILES string of the molecule is COc1ncccc1Nc1ncc2c(n1)n([C@@H]1CCOc3c(F)cccc31)c(=O)n2COCC[Si](C)(C)C. The van der Waals surface area contributed by atoms with Crippen molar-refractivity contribution in [2.24, 2.45) is 0 Å². The zero-order valence-corrected chi connectivity index (χ0v) is 22.9. The Kier molecular flexibility index (Phi) is 7.17. The summed E-state index contributed by atoms with van der Waals surface area (Å²) in [6, 6.07) is 8.82. The molecule has 0 spiro atoms. The fourth-order valence-electron chi connectivity index (χ4n) is 4.46. The molecule has 0 aliphatic carbocycles. The van der Waals surface area contributed by atoms with Crippen molar-refractivity contribution in [2.45, 2.75) is 44.9 Å². The van der Waals surface area contributed by atoms with Crippen LogP contribution in [-0.4, -0.2) is 52.5 Å². The van der Waals surface area contributed by atoms with Crippen LogP contribution in [0.5, 0.6) is 11.6 Å². The van der Waals surface area contributed by atoms with Gasteiger partial charge in [0.1, 0.15) is 17.9 Å². The van der Waals surface area contributed by atoms with E-state index in [1.165, 1.54) is 17.7 Å². The maximum atomic E-state index is 14.6. The molecule has 4 heterocycles. The highest BCUT2D eigenvalue weighted by molar-refractivity contribution is 6.76. The molecule has 0 fully saturated rings. The van der Waals surface area contributed by atoms with Crippen LogP contribution in [0.25, 0.3) is 11.2 Å². The summed E-state index contributed by atoms with van der Waals surface area (Å²) in [5, 5.41) is 3.13. The number of aromatic nitrogens is 5. The molecule has 38 heavy (non-hydrogen) atoms. The van der Waals surface area contributed by atoms with Crippen LogP contribution in [0.1, 0.15) is 18.0 Å². The fourth-order valence-corrected chi connectivity index (χ4v) is 5.22. The van der Waals surface area contributed by atoms with Crippen molar-refractivity contribution in [3.63, 3.8) is 0 Å². The summed E-state index contributed by atoms with van der Waals surface area (Å²) < 4.78 is 34.6. The molecule has 10 nitrogen and oxygen atoms in total. The van der Waals surface area contributed by atoms with Gasteiger partial charge in [-0.2, -0.15) is 4.98 Å². The highest BCUT2D eigenvalue weighted by atomic mass is 28.3. The van der Waals surface area contributed by atoms with Crippen LogP contribution in [0.4, 0.5) is 16.0 Å². The van der Waals surface area contributed by atoms with E-state index in [1.54, 1.807) is 41.2 Å². The van der Waals surface area contributed by atoms with Crippen molar-refractivity contribution in [2.75, 3.05) is 25.6 Å². The zero-order valence-electron chi connectivity index (χ0n) is 21.9. The molecule has 1 N–H and O–H groups in total. The van der Waals surface area contributed by atoms with Crippen LogP contribution < -0.4 is 20.5 Å². The highest BCUT2D eigenvalue weighted by Gasteiger charge is 2.30. The molecule has 0 saturated carbocycles. The zero-order chi connectivity index (χ0) is 26.9. The van der Waals surface area contributed by atoms with E-state index in [0.29, 0.717) is 41.3 Å². The van der Waals surface area contributed by atoms with Crippen LogP contribution in [0.3, 0.4) is 0 Å². The minimum Gasteiger partial charge on any atom is -0.490 e. The number of methoxy groups -OCH3 is 1. The Hall–Kier alpha value is -3.77. The molecule has 0 saturated heterocycles. The van der Waals surface area contributed by atoms with Gasteiger partial charge in [0.2, 0.25) is 11.8 Å². The van der Waals surface area contributed by atoms with Gasteiger partial charge in [0.15, 0.2) is 17.2 Å². The van der Waals surface area contributed by atoms with Crippen molar-refractivity contribution in [1.82, 2.24) is 24.1 Å². The number of hydrogen-bond donors (Lipinski definition) is 1. The number of anilines is 2. The van der Waals surface area contributed by atoms with Gasteiger partial charge in [-0.1, -0.05) is 31.8 Å². The number of fused-ring (bicyclic) bond motifs is 2. The largest absolute Gasteiger partial charge is 0.490 e. The third-order valence-electron chi connectivity index (χ3n) is 6.44. The lowest BCUT2D eigenvalue weighted by atomic mass is 10.00. The van der Waals surface area contributed by atoms with E-state index in [2.05, 4.69) is 34.9 Å². The van der Waals surface area contributed by atoms with Gasteiger partial charge in [-0.25, -0.2) is 19.2 Å². The lowest BCUT2D eigenvalue weighted by Crippen LogP contribution is -2.32. The van der Waals surface area contributed by atoms with Crippen LogP contribution in [-0.2, 0) is 11.5 Å². The average molecular weight is 539 g/mol. The maximum Gasteiger partial charge on any atom is 0.332 e. The minimum atomic E-state index is -1.30. The fraction of sp³-hybridized carbons (Fsp3) is 0.385. The van der Waals surface area contributed by atoms with Gasteiger partial charge in [-0.15, -0.1) is 0 Å². The molecule has 1 atom stereocenters. The van der Waals surface area contributed by atoms with Crippen LogP contribution in [0.2, 0.25) is 25.7 Å². The Morgan fingerprint density at radius 1 is 1.21 bits per heavy atom. The molecule has 5 rings (SSSR count). The van der Waals surface area contributed by atoms with Crippen molar-refractivity contribution in [3.05, 3.63) is 64.6 Å². The van der Waals surface area contributed by atoms with Crippen LogP contribution in [0.15, 0.2) is 47.5 Å². The molecule has 0 amide bonds. The summed E-state index contributed by atoms with van der Waals surface area (Å²) >= 11 is 0.